The van der Waals surface area contributed by atoms with Gasteiger partial charge in [-0.1, -0.05) is 52.8 Å². The molecule has 0 amide bonds. The first kappa shape index (κ1) is 14.9. The van der Waals surface area contributed by atoms with Gasteiger partial charge >= 0.3 is 0 Å². The number of nitrogens with two attached hydrogens (primary N) is 1. The molecule has 0 fully saturated rings. The van der Waals surface area contributed by atoms with Gasteiger partial charge in [-0.2, -0.15) is 0 Å². The van der Waals surface area contributed by atoms with Crippen LogP contribution < -0.4 is 5.73 Å². The van der Waals surface area contributed by atoms with Gasteiger partial charge in [-0.15, -0.1) is 0 Å². The average molecular weight is 247 g/mol. The molecule has 0 atom stereocenters. The SMILES string of the molecule is Cc1cc(C(C)(C)C)ccc1C(=O)C(C)(C)CN. The van der Waals surface area contributed by atoms with E-state index in [-0.39, 0.29) is 11.2 Å². The van der Waals surface area contributed by atoms with Crippen LogP contribution in [0.15, 0.2) is 18.2 Å². The van der Waals surface area contributed by atoms with Crippen molar-refractivity contribution in [2.24, 2.45) is 11.1 Å². The van der Waals surface area contributed by atoms with Gasteiger partial charge in [-0.05, 0) is 23.5 Å². The molecular formula is C16H25NO. The fraction of sp³-hybridized carbons (Fsp3) is 0.562. The van der Waals surface area contributed by atoms with Crippen LogP contribution in [0.3, 0.4) is 0 Å². The lowest BCUT2D eigenvalue weighted by atomic mass is 9.80. The molecule has 0 aliphatic carbocycles. The second-order valence-electron chi connectivity index (χ2n) is 6.70. The molecule has 0 aromatic heterocycles. The van der Waals surface area contributed by atoms with Crippen LogP contribution in [0.2, 0.25) is 0 Å². The topological polar surface area (TPSA) is 43.1 Å². The molecule has 0 aliphatic rings. The van der Waals surface area contributed by atoms with Crippen molar-refractivity contribution in [1.82, 2.24) is 0 Å². The van der Waals surface area contributed by atoms with Crippen molar-refractivity contribution in [3.05, 3.63) is 34.9 Å². The smallest absolute Gasteiger partial charge is 0.169 e. The third kappa shape index (κ3) is 2.99. The summed E-state index contributed by atoms with van der Waals surface area (Å²) < 4.78 is 0. The Morgan fingerprint density at radius 2 is 1.72 bits per heavy atom. The molecule has 0 bridgehead atoms. The molecule has 1 rings (SSSR count). The fourth-order valence-electron chi connectivity index (χ4n) is 1.84. The molecule has 2 N–H and O–H groups in total. The lowest BCUT2D eigenvalue weighted by molar-refractivity contribution is 0.0847. The number of hydrogen-bond acceptors (Lipinski definition) is 2. The van der Waals surface area contributed by atoms with Crippen LogP contribution in [0.5, 0.6) is 0 Å². The van der Waals surface area contributed by atoms with Crippen molar-refractivity contribution in [2.75, 3.05) is 6.54 Å². The average Bonchev–Trinajstić information content (AvgIpc) is 2.26. The number of carbonyl (C=O) groups excluding carboxylic acids is 1. The van der Waals surface area contributed by atoms with Crippen molar-refractivity contribution in [2.45, 2.75) is 47.0 Å². The number of Topliss-reactive ketones (excluding diaryl/α,β-unsaturated/α-hetero) is 1. The van der Waals surface area contributed by atoms with Gasteiger partial charge in [0.1, 0.15) is 0 Å². The van der Waals surface area contributed by atoms with Crippen LogP contribution in [0.4, 0.5) is 0 Å². The highest BCUT2D eigenvalue weighted by Crippen LogP contribution is 2.27. The second kappa shape index (κ2) is 4.85. The van der Waals surface area contributed by atoms with E-state index in [1.165, 1.54) is 5.56 Å². The van der Waals surface area contributed by atoms with E-state index >= 15 is 0 Å². The Balaban J connectivity index is 3.19. The highest BCUT2D eigenvalue weighted by molar-refractivity contribution is 6.01. The largest absolute Gasteiger partial charge is 0.329 e. The summed E-state index contributed by atoms with van der Waals surface area (Å²) in [5.74, 6) is 0.128. The summed E-state index contributed by atoms with van der Waals surface area (Å²) in [7, 11) is 0. The Kier molecular flexibility index (Phi) is 4.02. The minimum absolute atomic E-state index is 0.107. The lowest BCUT2D eigenvalue weighted by Crippen LogP contribution is -2.33. The maximum Gasteiger partial charge on any atom is 0.169 e. The molecule has 0 unspecified atom stereocenters. The van der Waals surface area contributed by atoms with E-state index in [9.17, 15) is 4.79 Å². The molecule has 0 saturated carbocycles. The zero-order valence-electron chi connectivity index (χ0n) is 12.4. The van der Waals surface area contributed by atoms with E-state index in [2.05, 4.69) is 26.8 Å². The summed E-state index contributed by atoms with van der Waals surface area (Å²) in [5, 5.41) is 0. The summed E-state index contributed by atoms with van der Waals surface area (Å²) in [5.41, 5.74) is 8.37. The van der Waals surface area contributed by atoms with Gasteiger partial charge in [-0.25, -0.2) is 0 Å². The molecule has 0 spiro atoms. The molecule has 18 heavy (non-hydrogen) atoms. The van der Waals surface area contributed by atoms with Crippen LogP contribution in [0, 0.1) is 12.3 Å². The predicted molar refractivity (Wildman–Crippen MR) is 77.0 cm³/mol. The Bertz CT molecular complexity index is 453. The summed E-state index contributed by atoms with van der Waals surface area (Å²) in [4.78, 5) is 12.4. The number of rotatable bonds is 3. The molecule has 1 aromatic carbocycles. The molecule has 0 aliphatic heterocycles. The molecule has 100 valence electrons. The number of aryl methyl sites for hydroxylation is 1. The molecule has 0 saturated heterocycles. The van der Waals surface area contributed by atoms with Crippen molar-refractivity contribution < 1.29 is 4.79 Å². The first-order valence-electron chi connectivity index (χ1n) is 6.45. The van der Waals surface area contributed by atoms with Crippen LogP contribution >= 0.6 is 0 Å². The van der Waals surface area contributed by atoms with Crippen molar-refractivity contribution in [1.29, 1.82) is 0 Å². The summed E-state index contributed by atoms with van der Waals surface area (Å²) >= 11 is 0. The number of ketones is 1. The standard InChI is InChI=1S/C16H25NO/c1-11-9-12(15(2,3)4)7-8-13(11)14(18)16(5,6)10-17/h7-9H,10,17H2,1-6H3. The van der Waals surface area contributed by atoms with E-state index in [1.54, 1.807) is 0 Å². The monoisotopic (exact) mass is 247 g/mol. The Morgan fingerprint density at radius 3 is 2.11 bits per heavy atom. The van der Waals surface area contributed by atoms with Crippen LogP contribution in [-0.4, -0.2) is 12.3 Å². The van der Waals surface area contributed by atoms with Crippen LogP contribution in [-0.2, 0) is 5.41 Å². The van der Waals surface area contributed by atoms with Crippen molar-refractivity contribution in [3.63, 3.8) is 0 Å². The first-order chi connectivity index (χ1) is 8.09. The predicted octanol–water partition coefficient (Wildman–Crippen LogP) is 3.46. The zero-order valence-corrected chi connectivity index (χ0v) is 12.4. The van der Waals surface area contributed by atoms with E-state index in [1.807, 2.05) is 32.9 Å². The number of hydrogen-bond donors (Lipinski definition) is 1. The number of benzene rings is 1. The summed E-state index contributed by atoms with van der Waals surface area (Å²) in [6.45, 7) is 12.7. The van der Waals surface area contributed by atoms with Crippen molar-refractivity contribution >= 4 is 5.78 Å². The summed E-state index contributed by atoms with van der Waals surface area (Å²) in [6, 6.07) is 6.10. The van der Waals surface area contributed by atoms with Gasteiger partial charge in [0.2, 0.25) is 0 Å². The maximum atomic E-state index is 12.4. The minimum atomic E-state index is -0.492. The maximum absolute atomic E-state index is 12.4. The lowest BCUT2D eigenvalue weighted by Gasteiger charge is -2.24. The highest BCUT2D eigenvalue weighted by atomic mass is 16.1. The van der Waals surface area contributed by atoms with Gasteiger partial charge in [0.25, 0.3) is 0 Å². The third-order valence-electron chi connectivity index (χ3n) is 3.46. The zero-order chi connectivity index (χ0) is 14.1. The number of carbonyl (C=O) groups is 1. The van der Waals surface area contributed by atoms with Gasteiger partial charge in [0.05, 0.1) is 0 Å². The van der Waals surface area contributed by atoms with Gasteiger partial charge in [0, 0.05) is 17.5 Å². The highest BCUT2D eigenvalue weighted by Gasteiger charge is 2.28. The van der Waals surface area contributed by atoms with Gasteiger partial charge in [0.15, 0.2) is 5.78 Å². The fourth-order valence-corrected chi connectivity index (χ4v) is 1.84. The Hall–Kier alpha value is -1.15. The van der Waals surface area contributed by atoms with E-state index in [0.717, 1.165) is 11.1 Å². The Morgan fingerprint density at radius 1 is 1.17 bits per heavy atom. The quantitative estimate of drug-likeness (QED) is 0.831. The van der Waals surface area contributed by atoms with Gasteiger partial charge in [-0.3, -0.25) is 4.79 Å². The molecule has 2 nitrogen and oxygen atoms in total. The minimum Gasteiger partial charge on any atom is -0.329 e. The second-order valence-corrected chi connectivity index (χ2v) is 6.70. The molecule has 0 radical (unpaired) electrons. The summed E-state index contributed by atoms with van der Waals surface area (Å²) in [6.07, 6.45) is 0. The molecule has 2 heteroatoms. The molecule has 0 heterocycles. The van der Waals surface area contributed by atoms with E-state index in [0.29, 0.717) is 6.54 Å². The van der Waals surface area contributed by atoms with Crippen molar-refractivity contribution in [3.8, 4) is 0 Å². The van der Waals surface area contributed by atoms with E-state index < -0.39 is 5.41 Å². The van der Waals surface area contributed by atoms with E-state index in [4.69, 9.17) is 5.73 Å². The molecular weight excluding hydrogens is 222 g/mol. The van der Waals surface area contributed by atoms with Crippen LogP contribution in [0.25, 0.3) is 0 Å². The third-order valence-corrected chi connectivity index (χ3v) is 3.46. The van der Waals surface area contributed by atoms with Crippen LogP contribution in [0.1, 0.15) is 56.1 Å². The Labute approximate surface area is 111 Å². The van der Waals surface area contributed by atoms with Gasteiger partial charge < -0.3 is 5.73 Å². The molecule has 1 aromatic rings. The normalized spacial score (nSPS) is 12.6. The first-order valence-corrected chi connectivity index (χ1v) is 6.45.